The average Bonchev–Trinajstić information content (AvgIpc) is 3.29. The highest BCUT2D eigenvalue weighted by Crippen LogP contribution is 2.20. The Bertz CT molecular complexity index is 994. The second kappa shape index (κ2) is 6.21. The molecule has 2 aromatic heterocycles. The van der Waals surface area contributed by atoms with Crippen LogP contribution >= 0.6 is 11.3 Å². The lowest BCUT2D eigenvalue weighted by Crippen LogP contribution is -2.05. The van der Waals surface area contributed by atoms with Crippen molar-refractivity contribution in [3.63, 3.8) is 0 Å². The summed E-state index contributed by atoms with van der Waals surface area (Å²) in [4.78, 5) is 16.3. The molecule has 0 aliphatic rings. The predicted octanol–water partition coefficient (Wildman–Crippen LogP) is 3.70. The van der Waals surface area contributed by atoms with Crippen molar-refractivity contribution in [3.05, 3.63) is 65.5 Å². The normalized spacial score (nSPS) is 10.8. The average molecular weight is 337 g/mol. The van der Waals surface area contributed by atoms with Gasteiger partial charge in [-0.05, 0) is 30.3 Å². The Morgan fingerprint density at radius 1 is 1.12 bits per heavy atom. The minimum Gasteiger partial charge on any atom is -0.452 e. The van der Waals surface area contributed by atoms with Gasteiger partial charge in [-0.25, -0.2) is 9.78 Å². The first-order valence-corrected chi connectivity index (χ1v) is 8.06. The second-order valence-corrected chi connectivity index (χ2v) is 5.86. The predicted molar refractivity (Wildman–Crippen MR) is 88.5 cm³/mol. The van der Waals surface area contributed by atoms with E-state index in [-0.39, 0.29) is 12.5 Å². The van der Waals surface area contributed by atoms with Crippen LogP contribution in [0.3, 0.4) is 0 Å². The van der Waals surface area contributed by atoms with E-state index in [2.05, 4.69) is 15.2 Å². The van der Waals surface area contributed by atoms with Crippen molar-refractivity contribution in [1.82, 2.24) is 15.2 Å². The molecule has 24 heavy (non-hydrogen) atoms. The summed E-state index contributed by atoms with van der Waals surface area (Å²) in [6.07, 6.45) is 0. The maximum absolute atomic E-state index is 12.1. The summed E-state index contributed by atoms with van der Waals surface area (Å²) >= 11 is 1.47. The van der Waals surface area contributed by atoms with Gasteiger partial charge in [-0.3, -0.25) is 0 Å². The zero-order chi connectivity index (χ0) is 16.4. The molecule has 7 heteroatoms. The molecular formula is C17H11N3O3S. The Hall–Kier alpha value is -3.06. The number of carbonyl (C=O) groups excluding carboxylic acids is 1. The molecule has 0 saturated carbocycles. The topological polar surface area (TPSA) is 78.1 Å². The van der Waals surface area contributed by atoms with Crippen LogP contribution in [0.15, 0.2) is 58.5 Å². The Kier molecular flexibility index (Phi) is 3.76. The van der Waals surface area contributed by atoms with E-state index in [0.29, 0.717) is 11.5 Å². The summed E-state index contributed by atoms with van der Waals surface area (Å²) in [7, 11) is 0. The van der Waals surface area contributed by atoms with Gasteiger partial charge in [-0.15, -0.1) is 21.5 Å². The lowest BCUT2D eigenvalue weighted by Gasteiger charge is -2.02. The fourth-order valence-electron chi connectivity index (χ4n) is 2.20. The largest absolute Gasteiger partial charge is 0.452 e. The number of benzene rings is 2. The summed E-state index contributed by atoms with van der Waals surface area (Å²) in [5, 5.41) is 7.85. The SMILES string of the molecule is O=C(OCc1nnc(-c2ccccc2)o1)c1ccc2ncsc2c1. The number of esters is 1. The molecule has 118 valence electrons. The number of hydrogen-bond donors (Lipinski definition) is 0. The standard InChI is InChI=1S/C17H11N3O3S/c21-17(12-6-7-13-14(8-12)24-10-18-13)22-9-15-19-20-16(23-15)11-4-2-1-3-5-11/h1-8,10H,9H2. The Morgan fingerprint density at radius 2 is 2.00 bits per heavy atom. The molecule has 0 fully saturated rings. The molecule has 2 heterocycles. The first-order valence-electron chi connectivity index (χ1n) is 7.18. The number of carbonyl (C=O) groups is 1. The molecule has 0 N–H and O–H groups in total. The fourth-order valence-corrected chi connectivity index (χ4v) is 2.92. The number of thiazole rings is 1. The molecule has 0 unspecified atom stereocenters. The third-order valence-electron chi connectivity index (χ3n) is 3.38. The van der Waals surface area contributed by atoms with E-state index in [0.717, 1.165) is 15.8 Å². The lowest BCUT2D eigenvalue weighted by molar-refractivity contribution is 0.0439. The van der Waals surface area contributed by atoms with Crippen molar-refractivity contribution < 1.29 is 13.9 Å². The van der Waals surface area contributed by atoms with E-state index in [9.17, 15) is 4.79 Å². The molecule has 4 aromatic rings. The Morgan fingerprint density at radius 3 is 2.88 bits per heavy atom. The van der Waals surface area contributed by atoms with Gasteiger partial charge in [-0.2, -0.15) is 0 Å². The maximum atomic E-state index is 12.1. The maximum Gasteiger partial charge on any atom is 0.338 e. The van der Waals surface area contributed by atoms with Gasteiger partial charge in [0.05, 0.1) is 21.3 Å². The first-order chi connectivity index (χ1) is 11.8. The van der Waals surface area contributed by atoms with Gasteiger partial charge in [-0.1, -0.05) is 18.2 Å². The van der Waals surface area contributed by atoms with E-state index in [1.54, 1.807) is 23.7 Å². The molecule has 0 amide bonds. The molecule has 0 bridgehead atoms. The van der Waals surface area contributed by atoms with Gasteiger partial charge in [0.2, 0.25) is 5.89 Å². The van der Waals surface area contributed by atoms with Gasteiger partial charge < -0.3 is 9.15 Å². The zero-order valence-electron chi connectivity index (χ0n) is 12.4. The van der Waals surface area contributed by atoms with Crippen LogP contribution in [0.25, 0.3) is 21.7 Å². The van der Waals surface area contributed by atoms with E-state index in [4.69, 9.17) is 9.15 Å². The Balaban J connectivity index is 1.45. The van der Waals surface area contributed by atoms with Gasteiger partial charge >= 0.3 is 5.97 Å². The van der Waals surface area contributed by atoms with Crippen molar-refractivity contribution in [2.24, 2.45) is 0 Å². The molecule has 4 rings (SSSR count). The number of ether oxygens (including phenoxy) is 1. The minimum absolute atomic E-state index is 0.0700. The Labute approximate surface area is 140 Å². The number of aromatic nitrogens is 3. The number of hydrogen-bond acceptors (Lipinski definition) is 7. The number of rotatable bonds is 4. The highest BCUT2D eigenvalue weighted by molar-refractivity contribution is 7.16. The van der Waals surface area contributed by atoms with Crippen LogP contribution in [-0.4, -0.2) is 21.2 Å². The molecule has 0 saturated heterocycles. The lowest BCUT2D eigenvalue weighted by atomic mass is 10.2. The molecule has 2 aromatic carbocycles. The van der Waals surface area contributed by atoms with Crippen LogP contribution in [0.2, 0.25) is 0 Å². The second-order valence-electron chi connectivity index (χ2n) is 4.98. The van der Waals surface area contributed by atoms with Crippen molar-refractivity contribution in [2.75, 3.05) is 0 Å². The van der Waals surface area contributed by atoms with Gasteiger partial charge in [0, 0.05) is 5.56 Å². The van der Waals surface area contributed by atoms with Crippen molar-refractivity contribution in [1.29, 1.82) is 0 Å². The van der Waals surface area contributed by atoms with Crippen LogP contribution in [0.1, 0.15) is 16.2 Å². The third kappa shape index (κ3) is 2.89. The summed E-state index contributed by atoms with van der Waals surface area (Å²) < 4.78 is 11.7. The van der Waals surface area contributed by atoms with Gasteiger partial charge in [0.1, 0.15) is 0 Å². The molecular weight excluding hydrogens is 326 g/mol. The molecule has 0 aliphatic carbocycles. The van der Waals surface area contributed by atoms with E-state index >= 15 is 0 Å². The van der Waals surface area contributed by atoms with Crippen LogP contribution < -0.4 is 0 Å². The van der Waals surface area contributed by atoms with Gasteiger partial charge in [0.25, 0.3) is 5.89 Å². The molecule has 6 nitrogen and oxygen atoms in total. The van der Waals surface area contributed by atoms with Crippen LogP contribution in [-0.2, 0) is 11.3 Å². The molecule has 0 atom stereocenters. The summed E-state index contributed by atoms with van der Waals surface area (Å²) in [5.74, 6) is 0.207. The fraction of sp³-hybridized carbons (Fsp3) is 0.0588. The highest BCUT2D eigenvalue weighted by atomic mass is 32.1. The molecule has 0 spiro atoms. The van der Waals surface area contributed by atoms with Crippen molar-refractivity contribution >= 4 is 27.5 Å². The smallest absolute Gasteiger partial charge is 0.338 e. The molecule has 0 radical (unpaired) electrons. The van der Waals surface area contributed by atoms with Crippen molar-refractivity contribution in [3.8, 4) is 11.5 Å². The quantitative estimate of drug-likeness (QED) is 0.528. The zero-order valence-corrected chi connectivity index (χ0v) is 13.2. The van der Waals surface area contributed by atoms with Crippen LogP contribution in [0, 0.1) is 0 Å². The first kappa shape index (κ1) is 14.5. The van der Waals surface area contributed by atoms with Crippen molar-refractivity contribution in [2.45, 2.75) is 6.61 Å². The summed E-state index contributed by atoms with van der Waals surface area (Å²) in [6, 6.07) is 14.7. The number of fused-ring (bicyclic) bond motifs is 1. The number of nitrogens with zero attached hydrogens (tertiary/aromatic N) is 3. The third-order valence-corrected chi connectivity index (χ3v) is 4.17. The highest BCUT2D eigenvalue weighted by Gasteiger charge is 2.13. The molecule has 0 aliphatic heterocycles. The monoisotopic (exact) mass is 337 g/mol. The van der Waals surface area contributed by atoms with E-state index in [1.165, 1.54) is 11.3 Å². The van der Waals surface area contributed by atoms with Crippen LogP contribution in [0.4, 0.5) is 0 Å². The van der Waals surface area contributed by atoms with E-state index < -0.39 is 5.97 Å². The summed E-state index contributed by atoms with van der Waals surface area (Å²) in [6.45, 7) is -0.0700. The summed E-state index contributed by atoms with van der Waals surface area (Å²) in [5.41, 5.74) is 3.89. The van der Waals surface area contributed by atoms with Crippen LogP contribution in [0.5, 0.6) is 0 Å². The van der Waals surface area contributed by atoms with E-state index in [1.807, 2.05) is 30.3 Å². The minimum atomic E-state index is -0.440. The van der Waals surface area contributed by atoms with Gasteiger partial charge in [0.15, 0.2) is 6.61 Å².